The summed E-state index contributed by atoms with van der Waals surface area (Å²) in [5.74, 6) is 0.595. The van der Waals surface area contributed by atoms with E-state index in [0.29, 0.717) is 12.5 Å². The van der Waals surface area contributed by atoms with Gasteiger partial charge in [0.05, 0.1) is 12.2 Å². The predicted molar refractivity (Wildman–Crippen MR) is 124 cm³/mol. The normalized spacial score (nSPS) is 14.9. The van der Waals surface area contributed by atoms with Crippen molar-refractivity contribution >= 4 is 57.7 Å². The van der Waals surface area contributed by atoms with Crippen molar-refractivity contribution in [2.75, 3.05) is 31.1 Å². The Hall–Kier alpha value is -1.72. The second-order valence-corrected chi connectivity index (χ2v) is 7.70. The third-order valence-corrected chi connectivity index (χ3v) is 6.04. The average molecular weight is 512 g/mol. The second kappa shape index (κ2) is 9.47. The highest BCUT2D eigenvalue weighted by atomic mass is 127. The van der Waals surface area contributed by atoms with Gasteiger partial charge in [0, 0.05) is 48.7 Å². The van der Waals surface area contributed by atoms with Crippen LogP contribution >= 0.6 is 46.7 Å². The highest BCUT2D eigenvalue weighted by Crippen LogP contribution is 2.23. The number of aliphatic imine (C=N–C) groups is 1. The summed E-state index contributed by atoms with van der Waals surface area (Å²) in [7, 11) is 0. The van der Waals surface area contributed by atoms with Crippen LogP contribution in [0.15, 0.2) is 52.3 Å². The van der Waals surface area contributed by atoms with Gasteiger partial charge in [0.25, 0.3) is 0 Å². The van der Waals surface area contributed by atoms with Crippen molar-refractivity contribution in [3.05, 3.63) is 53.0 Å². The van der Waals surface area contributed by atoms with E-state index in [1.807, 2.05) is 29.8 Å². The summed E-state index contributed by atoms with van der Waals surface area (Å²) >= 11 is 3.32. The van der Waals surface area contributed by atoms with Gasteiger partial charge in [-0.2, -0.15) is 0 Å². The number of guanidine groups is 1. The number of halogens is 1. The molecular weight excluding hydrogens is 491 g/mol. The fraction of sp³-hybridized carbons (Fsp3) is 0.278. The van der Waals surface area contributed by atoms with Gasteiger partial charge in [-0.05, 0) is 0 Å². The summed E-state index contributed by atoms with van der Waals surface area (Å²) in [6.45, 7) is 4.07. The van der Waals surface area contributed by atoms with Crippen LogP contribution in [0, 0.1) is 0 Å². The lowest BCUT2D eigenvalue weighted by atomic mass is 10.2. The minimum Gasteiger partial charge on any atom is -0.370 e. The van der Waals surface area contributed by atoms with Crippen molar-refractivity contribution in [3.63, 3.8) is 0 Å². The number of aromatic nitrogens is 2. The number of thiazole rings is 2. The Morgan fingerprint density at radius 1 is 1.11 bits per heavy atom. The van der Waals surface area contributed by atoms with Gasteiger partial charge in [0.15, 0.2) is 11.1 Å². The fourth-order valence-corrected chi connectivity index (χ4v) is 4.37. The lowest BCUT2D eigenvalue weighted by molar-refractivity contribution is 0.380. The molecule has 0 saturated carbocycles. The number of benzene rings is 1. The molecule has 1 saturated heterocycles. The van der Waals surface area contributed by atoms with E-state index in [2.05, 4.69) is 42.3 Å². The van der Waals surface area contributed by atoms with Gasteiger partial charge in [-0.15, -0.1) is 46.7 Å². The van der Waals surface area contributed by atoms with E-state index in [-0.39, 0.29) is 24.0 Å². The summed E-state index contributed by atoms with van der Waals surface area (Å²) in [5.41, 5.74) is 8.29. The second-order valence-electron chi connectivity index (χ2n) is 5.97. The van der Waals surface area contributed by atoms with Gasteiger partial charge in [-0.1, -0.05) is 30.3 Å². The molecule has 0 spiro atoms. The van der Waals surface area contributed by atoms with E-state index in [4.69, 9.17) is 5.73 Å². The first-order valence-electron chi connectivity index (χ1n) is 8.49. The molecule has 0 amide bonds. The van der Waals surface area contributed by atoms with Crippen molar-refractivity contribution in [1.29, 1.82) is 0 Å². The molecule has 0 unspecified atom stereocenters. The number of nitrogens with zero attached hydrogens (tertiary/aromatic N) is 5. The molecule has 142 valence electrons. The number of piperazine rings is 1. The molecule has 27 heavy (non-hydrogen) atoms. The summed E-state index contributed by atoms with van der Waals surface area (Å²) < 4.78 is 0. The molecule has 0 atom stereocenters. The van der Waals surface area contributed by atoms with E-state index in [9.17, 15) is 0 Å². The van der Waals surface area contributed by atoms with Crippen LogP contribution in [0.4, 0.5) is 5.13 Å². The fourth-order valence-electron chi connectivity index (χ4n) is 2.85. The summed E-state index contributed by atoms with van der Waals surface area (Å²) in [4.78, 5) is 18.0. The lowest BCUT2D eigenvalue weighted by Gasteiger charge is -2.35. The zero-order chi connectivity index (χ0) is 17.8. The Kier molecular flexibility index (Phi) is 7.02. The van der Waals surface area contributed by atoms with Crippen molar-refractivity contribution in [3.8, 4) is 10.6 Å². The van der Waals surface area contributed by atoms with E-state index in [1.54, 1.807) is 22.7 Å². The molecule has 1 aliphatic heterocycles. The largest absolute Gasteiger partial charge is 0.370 e. The molecule has 0 radical (unpaired) electrons. The van der Waals surface area contributed by atoms with Crippen molar-refractivity contribution < 1.29 is 0 Å². The molecule has 2 N–H and O–H groups in total. The maximum Gasteiger partial charge on any atom is 0.191 e. The maximum absolute atomic E-state index is 6.20. The van der Waals surface area contributed by atoms with Crippen LogP contribution in [-0.4, -0.2) is 47.0 Å². The molecule has 1 fully saturated rings. The van der Waals surface area contributed by atoms with E-state index in [1.165, 1.54) is 0 Å². The third kappa shape index (κ3) is 4.96. The Morgan fingerprint density at radius 3 is 2.59 bits per heavy atom. The highest BCUT2D eigenvalue weighted by molar-refractivity contribution is 14.0. The van der Waals surface area contributed by atoms with Gasteiger partial charge in [0.2, 0.25) is 0 Å². The molecule has 4 rings (SSSR count). The molecule has 9 heteroatoms. The van der Waals surface area contributed by atoms with Gasteiger partial charge in [-0.25, -0.2) is 15.0 Å². The minimum absolute atomic E-state index is 0. The topological polar surface area (TPSA) is 70.6 Å². The first-order valence-corrected chi connectivity index (χ1v) is 10.2. The SMILES string of the molecule is I.NC(=NCc1csc(-c2ccccc2)n1)N1CCN(c2nccs2)CC1. The molecule has 1 aliphatic rings. The van der Waals surface area contributed by atoms with Crippen molar-refractivity contribution in [2.45, 2.75) is 6.54 Å². The Balaban J connectivity index is 0.00000210. The van der Waals surface area contributed by atoms with Crippen LogP contribution in [-0.2, 0) is 6.54 Å². The van der Waals surface area contributed by atoms with Gasteiger partial charge < -0.3 is 15.5 Å². The monoisotopic (exact) mass is 512 g/mol. The molecule has 0 bridgehead atoms. The van der Waals surface area contributed by atoms with Crippen LogP contribution in [0.25, 0.3) is 10.6 Å². The van der Waals surface area contributed by atoms with E-state index < -0.39 is 0 Å². The smallest absolute Gasteiger partial charge is 0.191 e. The molecule has 3 aromatic rings. The van der Waals surface area contributed by atoms with Crippen LogP contribution < -0.4 is 10.6 Å². The third-order valence-electron chi connectivity index (χ3n) is 4.27. The van der Waals surface area contributed by atoms with Crippen LogP contribution in [0.5, 0.6) is 0 Å². The Labute approximate surface area is 183 Å². The predicted octanol–water partition coefficient (Wildman–Crippen LogP) is 3.52. The van der Waals surface area contributed by atoms with E-state index >= 15 is 0 Å². The zero-order valence-corrected chi connectivity index (χ0v) is 18.7. The summed E-state index contributed by atoms with van der Waals surface area (Å²) in [6.07, 6.45) is 1.85. The number of anilines is 1. The quantitative estimate of drug-likeness (QED) is 0.329. The summed E-state index contributed by atoms with van der Waals surface area (Å²) in [6, 6.07) is 10.2. The van der Waals surface area contributed by atoms with Crippen molar-refractivity contribution in [2.24, 2.45) is 10.7 Å². The van der Waals surface area contributed by atoms with E-state index in [0.717, 1.165) is 47.6 Å². The van der Waals surface area contributed by atoms with Crippen molar-refractivity contribution in [1.82, 2.24) is 14.9 Å². The lowest BCUT2D eigenvalue weighted by Crippen LogP contribution is -2.51. The molecule has 0 aliphatic carbocycles. The first kappa shape index (κ1) is 20.0. The number of hydrogen-bond acceptors (Lipinski definition) is 6. The van der Waals surface area contributed by atoms with Crippen LogP contribution in [0.2, 0.25) is 0 Å². The molecule has 2 aromatic heterocycles. The highest BCUT2D eigenvalue weighted by Gasteiger charge is 2.19. The molecule has 1 aromatic carbocycles. The molecule has 6 nitrogen and oxygen atoms in total. The number of rotatable bonds is 4. The molecular formula is C18H21IN6S2. The van der Waals surface area contributed by atoms with Gasteiger partial charge >= 0.3 is 0 Å². The minimum atomic E-state index is 0. The Morgan fingerprint density at radius 2 is 1.89 bits per heavy atom. The summed E-state index contributed by atoms with van der Waals surface area (Å²) in [5, 5.41) is 6.16. The Bertz CT molecular complexity index is 857. The van der Waals surface area contributed by atoms with Gasteiger partial charge in [0.1, 0.15) is 5.01 Å². The number of nitrogens with two attached hydrogens (primary N) is 1. The average Bonchev–Trinajstić information content (AvgIpc) is 3.39. The standard InChI is InChI=1S/C18H20N6S2.HI/c19-17(23-7-9-24(10-8-23)18-20-6-11-25-18)21-12-15-13-26-16(22-15)14-4-2-1-3-5-14;/h1-6,11,13H,7-10,12H2,(H2,19,21);1H. The number of hydrogen-bond donors (Lipinski definition) is 1. The maximum atomic E-state index is 6.20. The van der Waals surface area contributed by atoms with Crippen LogP contribution in [0.1, 0.15) is 5.69 Å². The molecule has 3 heterocycles. The van der Waals surface area contributed by atoms with Crippen LogP contribution in [0.3, 0.4) is 0 Å². The first-order chi connectivity index (χ1) is 12.8. The van der Waals surface area contributed by atoms with Gasteiger partial charge in [-0.3, -0.25) is 0 Å². The zero-order valence-electron chi connectivity index (χ0n) is 14.7.